The average molecular weight is 315 g/mol. The van der Waals surface area contributed by atoms with E-state index in [0.717, 1.165) is 5.56 Å². The van der Waals surface area contributed by atoms with Crippen molar-refractivity contribution in [1.82, 2.24) is 9.66 Å². The summed E-state index contributed by atoms with van der Waals surface area (Å²) in [6, 6.07) is 20.3. The summed E-state index contributed by atoms with van der Waals surface area (Å²) in [5.74, 6) is 1.05. The summed E-state index contributed by atoms with van der Waals surface area (Å²) in [7, 11) is 0. The predicted molar refractivity (Wildman–Crippen MR) is 93.1 cm³/mol. The third-order valence-electron chi connectivity index (χ3n) is 3.63. The monoisotopic (exact) mass is 315 g/mol. The smallest absolute Gasteiger partial charge is 0.282 e. The number of rotatable bonds is 3. The zero-order valence-electron chi connectivity index (χ0n) is 12.7. The Bertz CT molecular complexity index is 1060. The Balaban J connectivity index is 1.98. The molecule has 0 aliphatic rings. The molecule has 0 aliphatic carbocycles. The standard InChI is InChI=1S/C19H13N3O2/c23-19-16-10-4-5-11-17(16)21-18(14-7-2-1-3-8-14)22(19)20-13-15-9-6-12-24-15/h1-13H/b20-13+. The second-order valence-electron chi connectivity index (χ2n) is 5.20. The number of aromatic nitrogens is 2. The molecular formula is C19H13N3O2. The predicted octanol–water partition coefficient (Wildman–Crippen LogP) is 3.54. The van der Waals surface area contributed by atoms with Crippen LogP contribution in [0.3, 0.4) is 0 Å². The van der Waals surface area contributed by atoms with Gasteiger partial charge in [0.1, 0.15) is 5.76 Å². The number of hydrogen-bond acceptors (Lipinski definition) is 4. The van der Waals surface area contributed by atoms with E-state index in [2.05, 4.69) is 10.1 Å². The van der Waals surface area contributed by atoms with E-state index in [-0.39, 0.29) is 5.56 Å². The molecule has 2 aromatic carbocycles. The number of benzene rings is 2. The van der Waals surface area contributed by atoms with Crippen molar-refractivity contribution in [2.75, 3.05) is 0 Å². The van der Waals surface area contributed by atoms with Crippen LogP contribution in [-0.4, -0.2) is 15.9 Å². The highest BCUT2D eigenvalue weighted by molar-refractivity contribution is 5.80. The van der Waals surface area contributed by atoms with E-state index in [0.29, 0.717) is 22.5 Å². The fraction of sp³-hybridized carbons (Fsp3) is 0. The Labute approximate surface area is 137 Å². The van der Waals surface area contributed by atoms with Crippen molar-refractivity contribution in [1.29, 1.82) is 0 Å². The molecule has 0 aliphatic heterocycles. The molecule has 4 rings (SSSR count). The third-order valence-corrected chi connectivity index (χ3v) is 3.63. The second-order valence-corrected chi connectivity index (χ2v) is 5.20. The molecule has 4 aromatic rings. The van der Waals surface area contributed by atoms with E-state index in [1.165, 1.54) is 10.9 Å². The van der Waals surface area contributed by atoms with Crippen LogP contribution in [0.25, 0.3) is 22.3 Å². The van der Waals surface area contributed by atoms with Crippen LogP contribution in [0.4, 0.5) is 0 Å². The molecule has 2 aromatic heterocycles. The van der Waals surface area contributed by atoms with Crippen molar-refractivity contribution < 1.29 is 4.42 Å². The summed E-state index contributed by atoms with van der Waals surface area (Å²) in [4.78, 5) is 17.5. The largest absolute Gasteiger partial charge is 0.463 e. The fourth-order valence-corrected chi connectivity index (χ4v) is 2.48. The van der Waals surface area contributed by atoms with Crippen LogP contribution in [-0.2, 0) is 0 Å². The van der Waals surface area contributed by atoms with Crippen LogP contribution in [0.15, 0.2) is 87.3 Å². The molecule has 2 heterocycles. The normalized spacial score (nSPS) is 11.3. The molecule has 5 heteroatoms. The van der Waals surface area contributed by atoms with Crippen LogP contribution < -0.4 is 5.56 Å². The van der Waals surface area contributed by atoms with Gasteiger partial charge >= 0.3 is 0 Å². The SMILES string of the molecule is O=c1c2ccccc2nc(-c2ccccc2)n1/N=C/c1ccco1. The molecule has 0 saturated carbocycles. The molecule has 0 atom stereocenters. The van der Waals surface area contributed by atoms with Gasteiger partial charge in [0.25, 0.3) is 5.56 Å². The number of hydrogen-bond donors (Lipinski definition) is 0. The zero-order chi connectivity index (χ0) is 16.4. The van der Waals surface area contributed by atoms with E-state index in [1.807, 2.05) is 48.5 Å². The van der Waals surface area contributed by atoms with Gasteiger partial charge in [0.05, 0.1) is 23.4 Å². The minimum absolute atomic E-state index is 0.220. The molecule has 0 bridgehead atoms. The van der Waals surface area contributed by atoms with Crippen molar-refractivity contribution in [3.05, 3.63) is 89.1 Å². The van der Waals surface area contributed by atoms with Crippen molar-refractivity contribution in [3.63, 3.8) is 0 Å². The Kier molecular flexibility index (Phi) is 3.51. The highest BCUT2D eigenvalue weighted by Gasteiger charge is 2.11. The van der Waals surface area contributed by atoms with Crippen molar-refractivity contribution in [3.8, 4) is 11.4 Å². The first-order valence-corrected chi connectivity index (χ1v) is 7.48. The summed E-state index contributed by atoms with van der Waals surface area (Å²) < 4.78 is 6.55. The van der Waals surface area contributed by atoms with Crippen LogP contribution >= 0.6 is 0 Å². The van der Waals surface area contributed by atoms with E-state index in [9.17, 15) is 4.79 Å². The van der Waals surface area contributed by atoms with Gasteiger partial charge in [-0.15, -0.1) is 0 Å². The topological polar surface area (TPSA) is 60.4 Å². The molecule has 0 amide bonds. The van der Waals surface area contributed by atoms with Crippen molar-refractivity contribution in [2.24, 2.45) is 5.10 Å². The summed E-state index contributed by atoms with van der Waals surface area (Å²) in [6.45, 7) is 0. The lowest BCUT2D eigenvalue weighted by Gasteiger charge is -2.09. The molecule has 5 nitrogen and oxygen atoms in total. The van der Waals surface area contributed by atoms with Gasteiger partial charge in [0.15, 0.2) is 5.82 Å². The number of nitrogens with zero attached hydrogens (tertiary/aromatic N) is 3. The molecule has 24 heavy (non-hydrogen) atoms. The average Bonchev–Trinajstić information content (AvgIpc) is 3.15. The van der Waals surface area contributed by atoms with E-state index in [1.54, 1.807) is 24.5 Å². The zero-order valence-corrected chi connectivity index (χ0v) is 12.7. The van der Waals surface area contributed by atoms with Gasteiger partial charge in [0.2, 0.25) is 0 Å². The molecule has 116 valence electrons. The van der Waals surface area contributed by atoms with Crippen LogP contribution in [0.5, 0.6) is 0 Å². The van der Waals surface area contributed by atoms with Crippen molar-refractivity contribution >= 4 is 17.1 Å². The maximum atomic E-state index is 12.9. The summed E-state index contributed by atoms with van der Waals surface area (Å²) in [5, 5.41) is 4.82. The van der Waals surface area contributed by atoms with Gasteiger partial charge in [-0.2, -0.15) is 9.78 Å². The van der Waals surface area contributed by atoms with Gasteiger partial charge in [-0.1, -0.05) is 42.5 Å². The molecule has 0 unspecified atom stereocenters. The summed E-state index contributed by atoms with van der Waals surface area (Å²) in [6.07, 6.45) is 3.06. The fourth-order valence-electron chi connectivity index (χ4n) is 2.48. The lowest BCUT2D eigenvalue weighted by molar-refractivity contribution is 0.559. The maximum absolute atomic E-state index is 12.9. The highest BCUT2D eigenvalue weighted by atomic mass is 16.3. The Hall–Kier alpha value is -3.47. The minimum atomic E-state index is -0.220. The van der Waals surface area contributed by atoms with Crippen LogP contribution in [0.2, 0.25) is 0 Å². The van der Waals surface area contributed by atoms with Gasteiger partial charge in [-0.25, -0.2) is 4.98 Å². The number of fused-ring (bicyclic) bond motifs is 1. The lowest BCUT2D eigenvalue weighted by atomic mass is 10.2. The summed E-state index contributed by atoms with van der Waals surface area (Å²) >= 11 is 0. The van der Waals surface area contributed by atoms with Gasteiger partial charge in [0, 0.05) is 5.56 Å². The first-order valence-electron chi connectivity index (χ1n) is 7.48. The molecule has 0 fully saturated rings. The first-order chi connectivity index (χ1) is 11.8. The lowest BCUT2D eigenvalue weighted by Crippen LogP contribution is -2.20. The first kappa shape index (κ1) is 14.1. The van der Waals surface area contributed by atoms with Crippen LogP contribution in [0.1, 0.15) is 5.76 Å². The van der Waals surface area contributed by atoms with Crippen molar-refractivity contribution in [2.45, 2.75) is 0 Å². The van der Waals surface area contributed by atoms with Gasteiger partial charge in [-0.3, -0.25) is 4.79 Å². The number of furan rings is 1. The highest BCUT2D eigenvalue weighted by Crippen LogP contribution is 2.18. The number of para-hydroxylation sites is 1. The minimum Gasteiger partial charge on any atom is -0.463 e. The third kappa shape index (κ3) is 2.52. The molecular weight excluding hydrogens is 302 g/mol. The molecule has 0 spiro atoms. The maximum Gasteiger partial charge on any atom is 0.282 e. The molecule has 0 radical (unpaired) electrons. The molecule has 0 N–H and O–H groups in total. The van der Waals surface area contributed by atoms with E-state index in [4.69, 9.17) is 4.42 Å². The Morgan fingerprint density at radius 1 is 0.958 bits per heavy atom. The molecule has 0 saturated heterocycles. The summed E-state index contributed by atoms with van der Waals surface area (Å²) in [5.41, 5.74) is 1.24. The van der Waals surface area contributed by atoms with Gasteiger partial charge < -0.3 is 4.42 Å². The van der Waals surface area contributed by atoms with E-state index < -0.39 is 0 Å². The Morgan fingerprint density at radius 2 is 1.75 bits per heavy atom. The quantitative estimate of drug-likeness (QED) is 0.543. The van der Waals surface area contributed by atoms with Gasteiger partial charge in [-0.05, 0) is 24.3 Å². The van der Waals surface area contributed by atoms with E-state index >= 15 is 0 Å². The van der Waals surface area contributed by atoms with Crippen LogP contribution in [0, 0.1) is 0 Å². The second kappa shape index (κ2) is 5.96. The Morgan fingerprint density at radius 3 is 2.54 bits per heavy atom.